The van der Waals surface area contributed by atoms with Gasteiger partial charge in [-0.3, -0.25) is 0 Å². The van der Waals surface area contributed by atoms with Crippen LogP contribution in [0.5, 0.6) is 0 Å². The molecule has 0 aliphatic carbocycles. The van der Waals surface area contributed by atoms with Crippen molar-refractivity contribution in [3.8, 4) is 11.8 Å². The summed E-state index contributed by atoms with van der Waals surface area (Å²) in [6.07, 6.45) is 2.24. The molecule has 3 heteroatoms. The highest BCUT2D eigenvalue weighted by Crippen LogP contribution is 2.18. The van der Waals surface area contributed by atoms with Crippen molar-refractivity contribution in [3.63, 3.8) is 0 Å². The van der Waals surface area contributed by atoms with Gasteiger partial charge in [-0.25, -0.2) is 4.98 Å². The molecule has 0 bridgehead atoms. The van der Waals surface area contributed by atoms with Crippen LogP contribution in [0, 0.1) is 11.8 Å². The van der Waals surface area contributed by atoms with Gasteiger partial charge >= 0.3 is 0 Å². The summed E-state index contributed by atoms with van der Waals surface area (Å²) in [6, 6.07) is 11.7. The number of nitrogens with two attached hydrogens (primary N) is 1. The molecule has 2 aromatic rings. The van der Waals surface area contributed by atoms with Crippen LogP contribution in [0.1, 0.15) is 11.1 Å². The van der Waals surface area contributed by atoms with E-state index in [4.69, 9.17) is 17.3 Å². The number of halogens is 1. The molecule has 17 heavy (non-hydrogen) atoms. The van der Waals surface area contributed by atoms with Gasteiger partial charge in [0.1, 0.15) is 5.82 Å². The van der Waals surface area contributed by atoms with Crippen LogP contribution in [0.2, 0.25) is 5.02 Å². The predicted octanol–water partition coefficient (Wildman–Crippen LogP) is 2.91. The number of hydrogen-bond donors (Lipinski definition) is 1. The van der Waals surface area contributed by atoms with Gasteiger partial charge in [-0.2, -0.15) is 0 Å². The molecule has 0 radical (unpaired) electrons. The molecule has 0 saturated heterocycles. The van der Waals surface area contributed by atoms with E-state index in [1.165, 1.54) is 5.56 Å². The second-order valence-electron chi connectivity index (χ2n) is 3.52. The Hall–Kier alpha value is -1.98. The molecule has 1 aromatic carbocycles. The smallest absolute Gasteiger partial charge is 0.140 e. The molecular formula is C14H11ClN2. The number of anilines is 1. The molecule has 0 aliphatic heterocycles. The molecule has 0 aliphatic rings. The molecule has 0 saturated carbocycles. The number of hydrogen-bond acceptors (Lipinski definition) is 2. The van der Waals surface area contributed by atoms with Gasteiger partial charge in [0.15, 0.2) is 0 Å². The van der Waals surface area contributed by atoms with Gasteiger partial charge < -0.3 is 5.73 Å². The fraction of sp³-hybridized carbons (Fsp3) is 0.0714. The number of nitrogens with zero attached hydrogens (tertiary/aromatic N) is 1. The Balaban J connectivity index is 2.17. The van der Waals surface area contributed by atoms with Crippen molar-refractivity contribution in [2.75, 3.05) is 5.73 Å². The van der Waals surface area contributed by atoms with E-state index in [1.807, 2.05) is 30.3 Å². The largest absolute Gasteiger partial charge is 0.383 e. The van der Waals surface area contributed by atoms with Crippen LogP contribution in [-0.4, -0.2) is 4.98 Å². The van der Waals surface area contributed by atoms with Crippen LogP contribution in [0.4, 0.5) is 5.82 Å². The first-order valence-electron chi connectivity index (χ1n) is 5.20. The predicted molar refractivity (Wildman–Crippen MR) is 70.7 cm³/mol. The maximum atomic E-state index is 5.99. The maximum Gasteiger partial charge on any atom is 0.140 e. The third-order valence-electron chi connectivity index (χ3n) is 2.28. The standard InChI is InChI=1S/C14H11ClN2/c15-13-9-10-17-14(16)12(13)8-4-7-11-5-2-1-3-6-11/h1-3,5-6,9-10H,7H2,(H2,16,17). The van der Waals surface area contributed by atoms with Gasteiger partial charge in [0, 0.05) is 12.6 Å². The van der Waals surface area contributed by atoms with E-state index in [0.717, 1.165) is 0 Å². The third kappa shape index (κ3) is 2.99. The Morgan fingerprint density at radius 1 is 1.18 bits per heavy atom. The number of aromatic nitrogens is 1. The van der Waals surface area contributed by atoms with Crippen molar-refractivity contribution < 1.29 is 0 Å². The summed E-state index contributed by atoms with van der Waals surface area (Å²) < 4.78 is 0. The zero-order valence-electron chi connectivity index (χ0n) is 9.15. The van der Waals surface area contributed by atoms with Crippen LogP contribution in [-0.2, 0) is 6.42 Å². The van der Waals surface area contributed by atoms with Crippen LogP contribution < -0.4 is 5.73 Å². The number of nitrogen functional groups attached to an aromatic ring is 1. The summed E-state index contributed by atoms with van der Waals surface area (Å²) >= 11 is 5.99. The van der Waals surface area contributed by atoms with E-state index in [2.05, 4.69) is 16.8 Å². The topological polar surface area (TPSA) is 38.9 Å². The van der Waals surface area contributed by atoms with E-state index in [1.54, 1.807) is 12.3 Å². The monoisotopic (exact) mass is 242 g/mol. The Bertz CT molecular complexity index is 548. The van der Waals surface area contributed by atoms with Crippen molar-refractivity contribution >= 4 is 17.4 Å². The van der Waals surface area contributed by atoms with Gasteiger partial charge in [0.05, 0.1) is 10.6 Å². The zero-order valence-corrected chi connectivity index (χ0v) is 9.91. The minimum absolute atomic E-state index is 0.373. The number of benzene rings is 1. The molecule has 0 amide bonds. The summed E-state index contributed by atoms with van der Waals surface area (Å²) in [6.45, 7) is 0. The Morgan fingerprint density at radius 2 is 1.94 bits per heavy atom. The van der Waals surface area contributed by atoms with E-state index in [0.29, 0.717) is 22.8 Å². The van der Waals surface area contributed by atoms with Crippen molar-refractivity contribution in [1.29, 1.82) is 0 Å². The summed E-state index contributed by atoms with van der Waals surface area (Å²) in [5.74, 6) is 6.38. The van der Waals surface area contributed by atoms with E-state index >= 15 is 0 Å². The average molecular weight is 243 g/mol. The molecule has 2 nitrogen and oxygen atoms in total. The highest BCUT2D eigenvalue weighted by Gasteiger charge is 2.01. The van der Waals surface area contributed by atoms with Crippen LogP contribution in [0.25, 0.3) is 0 Å². The fourth-order valence-corrected chi connectivity index (χ4v) is 1.61. The second-order valence-corrected chi connectivity index (χ2v) is 3.92. The Morgan fingerprint density at radius 3 is 2.65 bits per heavy atom. The van der Waals surface area contributed by atoms with Gasteiger partial charge in [-0.05, 0) is 11.6 Å². The van der Waals surface area contributed by atoms with Crippen molar-refractivity contribution in [1.82, 2.24) is 4.98 Å². The van der Waals surface area contributed by atoms with Crippen LogP contribution in [0.15, 0.2) is 42.6 Å². The molecule has 2 rings (SSSR count). The Kier molecular flexibility index (Phi) is 3.64. The van der Waals surface area contributed by atoms with Gasteiger partial charge in [0.2, 0.25) is 0 Å². The van der Waals surface area contributed by atoms with Gasteiger partial charge in [-0.15, -0.1) is 0 Å². The maximum absolute atomic E-state index is 5.99. The first-order valence-corrected chi connectivity index (χ1v) is 5.58. The molecule has 1 heterocycles. The minimum Gasteiger partial charge on any atom is -0.383 e. The SMILES string of the molecule is Nc1nccc(Cl)c1C#CCc1ccccc1. The van der Waals surface area contributed by atoms with Crippen molar-refractivity contribution in [2.24, 2.45) is 0 Å². The van der Waals surface area contributed by atoms with Crippen molar-refractivity contribution in [2.45, 2.75) is 6.42 Å². The molecule has 0 atom stereocenters. The highest BCUT2D eigenvalue weighted by atomic mass is 35.5. The van der Waals surface area contributed by atoms with Crippen LogP contribution in [0.3, 0.4) is 0 Å². The molecule has 84 valence electrons. The molecule has 0 fully saturated rings. The lowest BCUT2D eigenvalue weighted by Gasteiger charge is -1.98. The summed E-state index contributed by atoms with van der Waals surface area (Å²) in [5.41, 5.74) is 7.47. The highest BCUT2D eigenvalue weighted by molar-refractivity contribution is 6.32. The van der Waals surface area contributed by atoms with E-state index in [-0.39, 0.29) is 0 Å². The molecule has 2 N–H and O–H groups in total. The van der Waals surface area contributed by atoms with E-state index < -0.39 is 0 Å². The lowest BCUT2D eigenvalue weighted by atomic mass is 10.1. The second kappa shape index (κ2) is 5.38. The fourth-order valence-electron chi connectivity index (χ4n) is 1.41. The minimum atomic E-state index is 0.373. The quantitative estimate of drug-likeness (QED) is 0.781. The summed E-state index contributed by atoms with van der Waals surface area (Å²) in [7, 11) is 0. The average Bonchev–Trinajstić information content (AvgIpc) is 2.34. The zero-order chi connectivity index (χ0) is 12.1. The van der Waals surface area contributed by atoms with Crippen molar-refractivity contribution in [3.05, 3.63) is 58.7 Å². The lowest BCUT2D eigenvalue weighted by Crippen LogP contribution is -1.94. The van der Waals surface area contributed by atoms with E-state index in [9.17, 15) is 0 Å². The first kappa shape index (κ1) is 11.5. The molecular weight excluding hydrogens is 232 g/mol. The van der Waals surface area contributed by atoms with Gasteiger partial charge in [-0.1, -0.05) is 53.8 Å². The molecule has 1 aromatic heterocycles. The Labute approximate surface area is 105 Å². The number of pyridine rings is 1. The van der Waals surface area contributed by atoms with Gasteiger partial charge in [0.25, 0.3) is 0 Å². The van der Waals surface area contributed by atoms with Crippen LogP contribution >= 0.6 is 11.6 Å². The normalized spacial score (nSPS) is 9.47. The molecule has 0 spiro atoms. The summed E-state index contributed by atoms with van der Waals surface area (Å²) in [4.78, 5) is 3.96. The summed E-state index contributed by atoms with van der Waals surface area (Å²) in [5, 5.41) is 0.540. The number of rotatable bonds is 1. The first-order chi connectivity index (χ1) is 8.27. The lowest BCUT2D eigenvalue weighted by molar-refractivity contribution is 1.31. The third-order valence-corrected chi connectivity index (χ3v) is 2.59. The molecule has 0 unspecified atom stereocenters.